The van der Waals surface area contributed by atoms with Crippen LogP contribution < -0.4 is 5.32 Å². The Morgan fingerprint density at radius 1 is 1.33 bits per heavy atom. The molecule has 0 bridgehead atoms. The minimum atomic E-state index is -0.0370. The van der Waals surface area contributed by atoms with Crippen LogP contribution >= 0.6 is 34.5 Å². The fourth-order valence-electron chi connectivity index (χ4n) is 1.40. The van der Waals surface area contributed by atoms with Gasteiger partial charge < -0.3 is 9.73 Å². The Bertz CT molecular complexity index is 452. The molecule has 2 aromatic heterocycles. The lowest BCUT2D eigenvalue weighted by molar-refractivity contribution is 0.468. The molecule has 0 aliphatic rings. The second kappa shape index (κ2) is 4.58. The summed E-state index contributed by atoms with van der Waals surface area (Å²) in [6.45, 7) is 0. The average molecular weight is 262 g/mol. The summed E-state index contributed by atoms with van der Waals surface area (Å²) in [6.07, 6.45) is 0. The molecule has 5 heteroatoms. The molecule has 80 valence electrons. The number of nitrogens with one attached hydrogen (secondary N) is 1. The molecule has 0 aromatic carbocycles. The maximum Gasteiger partial charge on any atom is 0.193 e. The third kappa shape index (κ3) is 2.21. The Labute approximate surface area is 102 Å². The smallest absolute Gasteiger partial charge is 0.193 e. The van der Waals surface area contributed by atoms with Crippen LogP contribution in [-0.2, 0) is 0 Å². The van der Waals surface area contributed by atoms with E-state index in [1.807, 2.05) is 24.6 Å². The zero-order valence-corrected chi connectivity index (χ0v) is 10.3. The third-order valence-corrected chi connectivity index (χ3v) is 3.70. The molecule has 0 aliphatic carbocycles. The first kappa shape index (κ1) is 11.0. The van der Waals surface area contributed by atoms with Crippen LogP contribution in [0.5, 0.6) is 0 Å². The molecule has 0 spiro atoms. The normalized spacial score (nSPS) is 13.0. The van der Waals surface area contributed by atoms with Gasteiger partial charge in [-0.3, -0.25) is 0 Å². The minimum absolute atomic E-state index is 0.0370. The first-order valence-corrected chi connectivity index (χ1v) is 6.01. The summed E-state index contributed by atoms with van der Waals surface area (Å²) in [5, 5.41) is 6.23. The molecule has 0 amide bonds. The van der Waals surface area contributed by atoms with E-state index >= 15 is 0 Å². The van der Waals surface area contributed by atoms with E-state index in [-0.39, 0.29) is 6.04 Å². The van der Waals surface area contributed by atoms with Crippen molar-refractivity contribution < 1.29 is 4.42 Å². The predicted molar refractivity (Wildman–Crippen MR) is 63.9 cm³/mol. The van der Waals surface area contributed by atoms with E-state index < -0.39 is 0 Å². The van der Waals surface area contributed by atoms with Crippen LogP contribution in [0.25, 0.3) is 0 Å². The summed E-state index contributed by atoms with van der Waals surface area (Å²) in [4.78, 5) is 1.03. The lowest BCUT2D eigenvalue weighted by Crippen LogP contribution is -2.15. The molecule has 0 fully saturated rings. The van der Waals surface area contributed by atoms with Gasteiger partial charge in [0.1, 0.15) is 11.8 Å². The van der Waals surface area contributed by atoms with Crippen molar-refractivity contribution in [1.82, 2.24) is 5.32 Å². The third-order valence-electron chi connectivity index (χ3n) is 2.07. The molecule has 1 atom stereocenters. The first-order chi connectivity index (χ1) is 7.22. The van der Waals surface area contributed by atoms with Crippen LogP contribution in [0.3, 0.4) is 0 Å². The number of rotatable bonds is 3. The van der Waals surface area contributed by atoms with Gasteiger partial charge in [-0.15, -0.1) is 11.3 Å². The van der Waals surface area contributed by atoms with Crippen LogP contribution in [0.4, 0.5) is 0 Å². The Morgan fingerprint density at radius 3 is 2.60 bits per heavy atom. The quantitative estimate of drug-likeness (QED) is 0.905. The van der Waals surface area contributed by atoms with Crippen molar-refractivity contribution in [3.8, 4) is 0 Å². The summed E-state index contributed by atoms with van der Waals surface area (Å²) in [5.41, 5.74) is 0. The molecule has 1 unspecified atom stereocenters. The van der Waals surface area contributed by atoms with Gasteiger partial charge in [-0.05, 0) is 42.2 Å². The van der Waals surface area contributed by atoms with E-state index in [0.717, 1.165) is 15.7 Å². The molecule has 0 radical (unpaired) electrons. The van der Waals surface area contributed by atoms with Crippen molar-refractivity contribution >= 4 is 34.5 Å². The van der Waals surface area contributed by atoms with Crippen LogP contribution in [0.15, 0.2) is 28.0 Å². The maximum atomic E-state index is 6.07. The monoisotopic (exact) mass is 261 g/mol. The van der Waals surface area contributed by atoms with Crippen LogP contribution in [0.1, 0.15) is 16.7 Å². The Kier molecular flexibility index (Phi) is 3.36. The van der Waals surface area contributed by atoms with Crippen LogP contribution in [-0.4, -0.2) is 7.05 Å². The van der Waals surface area contributed by atoms with E-state index in [9.17, 15) is 0 Å². The largest absolute Gasteiger partial charge is 0.448 e. The van der Waals surface area contributed by atoms with Gasteiger partial charge in [0, 0.05) is 4.88 Å². The summed E-state index contributed by atoms with van der Waals surface area (Å²) in [7, 11) is 1.86. The molecule has 0 aliphatic heterocycles. The van der Waals surface area contributed by atoms with Gasteiger partial charge in [0.05, 0.1) is 5.02 Å². The standard InChI is InChI=1S/C10H9Cl2NOS/c1-13-9(7-2-3-8(12)14-7)10-6(11)4-5-15-10/h2-5,9,13H,1H3. The Morgan fingerprint density at radius 2 is 2.13 bits per heavy atom. The van der Waals surface area contributed by atoms with Crippen molar-refractivity contribution in [2.24, 2.45) is 0 Å². The summed E-state index contributed by atoms with van der Waals surface area (Å²) in [5.74, 6) is 0.770. The van der Waals surface area contributed by atoms with Gasteiger partial charge in [0.2, 0.25) is 0 Å². The number of halogens is 2. The summed E-state index contributed by atoms with van der Waals surface area (Å²) < 4.78 is 5.37. The number of thiophene rings is 1. The van der Waals surface area contributed by atoms with E-state index in [0.29, 0.717) is 5.22 Å². The number of hydrogen-bond donors (Lipinski definition) is 1. The Balaban J connectivity index is 2.36. The maximum absolute atomic E-state index is 6.07. The molecule has 0 saturated carbocycles. The van der Waals surface area contributed by atoms with Crippen molar-refractivity contribution in [3.63, 3.8) is 0 Å². The van der Waals surface area contributed by atoms with Crippen LogP contribution in [0.2, 0.25) is 10.2 Å². The molecule has 2 aromatic rings. The average Bonchev–Trinajstić information content (AvgIpc) is 2.79. The fourth-order valence-corrected chi connectivity index (χ4v) is 2.83. The predicted octanol–water partition coefficient (Wildman–Crippen LogP) is 3.96. The molecule has 2 nitrogen and oxygen atoms in total. The second-order valence-electron chi connectivity index (χ2n) is 3.00. The lowest BCUT2D eigenvalue weighted by atomic mass is 10.2. The second-order valence-corrected chi connectivity index (χ2v) is 4.72. The van der Waals surface area contributed by atoms with Gasteiger partial charge in [-0.2, -0.15) is 0 Å². The van der Waals surface area contributed by atoms with Gasteiger partial charge in [0.25, 0.3) is 0 Å². The van der Waals surface area contributed by atoms with Crippen LogP contribution in [0, 0.1) is 0 Å². The van der Waals surface area contributed by atoms with E-state index in [4.69, 9.17) is 27.6 Å². The molecular formula is C10H9Cl2NOS. The molecule has 15 heavy (non-hydrogen) atoms. The van der Waals surface area contributed by atoms with Gasteiger partial charge >= 0.3 is 0 Å². The highest BCUT2D eigenvalue weighted by Gasteiger charge is 2.19. The van der Waals surface area contributed by atoms with Crippen molar-refractivity contribution in [2.75, 3.05) is 7.05 Å². The lowest BCUT2D eigenvalue weighted by Gasteiger charge is -2.11. The molecule has 2 rings (SSSR count). The van der Waals surface area contributed by atoms with Crippen molar-refractivity contribution in [2.45, 2.75) is 6.04 Å². The summed E-state index contributed by atoms with van der Waals surface area (Å²) >= 11 is 13.4. The number of furan rings is 1. The zero-order chi connectivity index (χ0) is 10.8. The highest BCUT2D eigenvalue weighted by molar-refractivity contribution is 7.10. The van der Waals surface area contributed by atoms with E-state index in [2.05, 4.69) is 5.32 Å². The minimum Gasteiger partial charge on any atom is -0.448 e. The summed E-state index contributed by atoms with van der Waals surface area (Å²) in [6, 6.07) is 5.41. The van der Waals surface area contributed by atoms with E-state index in [1.165, 1.54) is 0 Å². The van der Waals surface area contributed by atoms with Gasteiger partial charge in [-0.25, -0.2) is 0 Å². The zero-order valence-electron chi connectivity index (χ0n) is 7.96. The van der Waals surface area contributed by atoms with Gasteiger partial charge in [-0.1, -0.05) is 11.6 Å². The van der Waals surface area contributed by atoms with Gasteiger partial charge in [0.15, 0.2) is 5.22 Å². The highest BCUT2D eigenvalue weighted by atomic mass is 35.5. The number of hydrogen-bond acceptors (Lipinski definition) is 3. The first-order valence-electron chi connectivity index (χ1n) is 4.37. The highest BCUT2D eigenvalue weighted by Crippen LogP contribution is 2.33. The molecule has 0 saturated heterocycles. The molecule has 2 heterocycles. The van der Waals surface area contributed by atoms with Crippen molar-refractivity contribution in [1.29, 1.82) is 0 Å². The van der Waals surface area contributed by atoms with E-state index in [1.54, 1.807) is 17.4 Å². The Hall–Kier alpha value is -0.480. The fraction of sp³-hybridized carbons (Fsp3) is 0.200. The topological polar surface area (TPSA) is 25.2 Å². The van der Waals surface area contributed by atoms with Crippen molar-refractivity contribution in [3.05, 3.63) is 44.5 Å². The molecule has 1 N–H and O–H groups in total. The SMILES string of the molecule is CNC(c1ccc(Cl)o1)c1sccc1Cl. The molecular weight excluding hydrogens is 253 g/mol.